The number of carbonyl (C=O) groups is 1. The molecule has 1 aromatic heterocycles. The van der Waals surface area contributed by atoms with Crippen LogP contribution in [0.5, 0.6) is 0 Å². The Bertz CT molecular complexity index is 470. The van der Waals surface area contributed by atoms with Crippen LogP contribution in [0.25, 0.3) is 0 Å². The fraction of sp³-hybridized carbons (Fsp3) is 0.571. The van der Waals surface area contributed by atoms with Gasteiger partial charge in [-0.05, 0) is 31.4 Å². The van der Waals surface area contributed by atoms with E-state index in [0.717, 1.165) is 5.56 Å². The van der Waals surface area contributed by atoms with Gasteiger partial charge in [-0.3, -0.25) is 4.79 Å². The van der Waals surface area contributed by atoms with Crippen LogP contribution in [-0.2, 0) is 4.79 Å². The average Bonchev–Trinajstić information content (AvgIpc) is 2.40. The maximum absolute atomic E-state index is 12.9. The van der Waals surface area contributed by atoms with Crippen LogP contribution in [-0.4, -0.2) is 17.1 Å². The summed E-state index contributed by atoms with van der Waals surface area (Å²) in [5.41, 5.74) is 0.925. The molecule has 0 bridgehead atoms. The van der Waals surface area contributed by atoms with E-state index in [4.69, 9.17) is 0 Å². The zero-order valence-electron chi connectivity index (χ0n) is 11.2. The highest BCUT2D eigenvalue weighted by atomic mass is 19.4. The van der Waals surface area contributed by atoms with E-state index in [1.807, 2.05) is 6.92 Å². The molecule has 2 rings (SSSR count). The smallest absolute Gasteiger partial charge is 0.310 e. The minimum absolute atomic E-state index is 0.0307. The summed E-state index contributed by atoms with van der Waals surface area (Å²) < 4.78 is 38.8. The van der Waals surface area contributed by atoms with Gasteiger partial charge in [-0.15, -0.1) is 0 Å². The fourth-order valence-electron chi connectivity index (χ4n) is 2.60. The van der Waals surface area contributed by atoms with Gasteiger partial charge in [0.1, 0.15) is 5.82 Å². The van der Waals surface area contributed by atoms with Gasteiger partial charge in [-0.1, -0.05) is 18.9 Å². The number of pyridine rings is 1. The molecule has 1 aliphatic rings. The normalized spacial score (nSPS) is 23.4. The molecule has 1 aliphatic carbocycles. The van der Waals surface area contributed by atoms with Crippen molar-refractivity contribution in [2.45, 2.75) is 38.8 Å². The Morgan fingerprint density at radius 3 is 2.60 bits per heavy atom. The molecule has 0 saturated heterocycles. The Morgan fingerprint density at radius 2 is 2.00 bits per heavy atom. The highest BCUT2D eigenvalue weighted by Crippen LogP contribution is 2.41. The molecular weight excluding hydrogens is 269 g/mol. The van der Waals surface area contributed by atoms with Gasteiger partial charge in [0.25, 0.3) is 0 Å². The lowest BCUT2D eigenvalue weighted by molar-refractivity contribution is -0.197. The Labute approximate surface area is 115 Å². The number of nitrogens with zero attached hydrogens (tertiary/aromatic N) is 1. The van der Waals surface area contributed by atoms with E-state index in [1.54, 1.807) is 18.3 Å². The first-order chi connectivity index (χ1) is 9.38. The van der Waals surface area contributed by atoms with E-state index in [9.17, 15) is 18.0 Å². The van der Waals surface area contributed by atoms with Gasteiger partial charge in [0.2, 0.25) is 5.91 Å². The molecule has 20 heavy (non-hydrogen) atoms. The summed E-state index contributed by atoms with van der Waals surface area (Å²) in [5.74, 6) is -2.83. The van der Waals surface area contributed by atoms with Crippen molar-refractivity contribution in [3.63, 3.8) is 0 Å². The van der Waals surface area contributed by atoms with Crippen LogP contribution in [0.4, 0.5) is 19.0 Å². The van der Waals surface area contributed by atoms with Crippen LogP contribution < -0.4 is 5.32 Å². The van der Waals surface area contributed by atoms with Gasteiger partial charge in [0.15, 0.2) is 0 Å². The maximum Gasteiger partial charge on any atom is 0.392 e. The molecule has 1 saturated carbocycles. The summed E-state index contributed by atoms with van der Waals surface area (Å²) in [6.07, 6.45) is -1.26. The minimum atomic E-state index is -4.32. The van der Waals surface area contributed by atoms with Gasteiger partial charge in [0.05, 0.1) is 5.92 Å². The second-order valence-electron chi connectivity index (χ2n) is 5.25. The van der Waals surface area contributed by atoms with Crippen molar-refractivity contribution in [2.75, 3.05) is 5.32 Å². The SMILES string of the molecule is Cc1ccc(NC(=O)[C@H]2CCCC[C@@H]2C(F)(F)F)nc1. The number of rotatable bonds is 2. The Kier molecular flexibility index (Phi) is 4.30. The molecule has 0 unspecified atom stereocenters. The third-order valence-electron chi connectivity index (χ3n) is 3.69. The van der Waals surface area contributed by atoms with E-state index >= 15 is 0 Å². The number of anilines is 1. The molecule has 0 radical (unpaired) electrons. The van der Waals surface area contributed by atoms with Crippen LogP contribution in [0.1, 0.15) is 31.2 Å². The highest BCUT2D eigenvalue weighted by molar-refractivity contribution is 5.92. The lowest BCUT2D eigenvalue weighted by Crippen LogP contribution is -2.39. The summed E-state index contributed by atoms with van der Waals surface area (Å²) in [6.45, 7) is 1.85. The zero-order chi connectivity index (χ0) is 14.8. The first-order valence-corrected chi connectivity index (χ1v) is 6.68. The topological polar surface area (TPSA) is 42.0 Å². The molecule has 6 heteroatoms. The van der Waals surface area contributed by atoms with E-state index in [0.29, 0.717) is 18.7 Å². The van der Waals surface area contributed by atoms with E-state index < -0.39 is 23.9 Å². The first kappa shape index (κ1) is 14.8. The highest BCUT2D eigenvalue weighted by Gasteiger charge is 2.48. The van der Waals surface area contributed by atoms with Crippen molar-refractivity contribution in [3.8, 4) is 0 Å². The standard InChI is InChI=1S/C14H17F3N2O/c1-9-6-7-12(18-8-9)19-13(20)10-4-2-3-5-11(10)14(15,16)17/h6-8,10-11H,2-5H2,1H3,(H,18,19,20)/t10-,11-/m0/s1. The van der Waals surface area contributed by atoms with Crippen molar-refractivity contribution < 1.29 is 18.0 Å². The quantitative estimate of drug-likeness (QED) is 0.900. The minimum Gasteiger partial charge on any atom is -0.310 e. The van der Waals surface area contributed by atoms with Crippen LogP contribution in [0.15, 0.2) is 18.3 Å². The largest absolute Gasteiger partial charge is 0.392 e. The molecule has 1 amide bonds. The van der Waals surface area contributed by atoms with Gasteiger partial charge in [-0.2, -0.15) is 13.2 Å². The first-order valence-electron chi connectivity index (χ1n) is 6.68. The van der Waals surface area contributed by atoms with Gasteiger partial charge >= 0.3 is 6.18 Å². The molecule has 1 N–H and O–H groups in total. The predicted molar refractivity (Wildman–Crippen MR) is 69.1 cm³/mol. The molecule has 0 spiro atoms. The summed E-state index contributed by atoms with van der Waals surface area (Å²) in [6, 6.07) is 3.35. The molecule has 1 aromatic rings. The summed E-state index contributed by atoms with van der Waals surface area (Å²) in [4.78, 5) is 16.0. The second-order valence-corrected chi connectivity index (χ2v) is 5.25. The number of hydrogen-bond acceptors (Lipinski definition) is 2. The second kappa shape index (κ2) is 5.81. The van der Waals surface area contributed by atoms with Crippen molar-refractivity contribution >= 4 is 11.7 Å². The number of hydrogen-bond donors (Lipinski definition) is 1. The molecule has 3 nitrogen and oxygen atoms in total. The van der Waals surface area contributed by atoms with Crippen LogP contribution in [0.2, 0.25) is 0 Å². The lowest BCUT2D eigenvalue weighted by atomic mass is 9.78. The maximum atomic E-state index is 12.9. The van der Waals surface area contributed by atoms with Gasteiger partial charge < -0.3 is 5.32 Å². The number of aromatic nitrogens is 1. The third kappa shape index (κ3) is 3.49. The van der Waals surface area contributed by atoms with Crippen LogP contribution in [0, 0.1) is 18.8 Å². The molecule has 1 heterocycles. The predicted octanol–water partition coefficient (Wildman–Crippen LogP) is 3.70. The monoisotopic (exact) mass is 286 g/mol. The third-order valence-corrected chi connectivity index (χ3v) is 3.69. The average molecular weight is 286 g/mol. The number of amides is 1. The Balaban J connectivity index is 2.08. The molecule has 0 aliphatic heterocycles. The summed E-state index contributed by atoms with van der Waals surface area (Å²) >= 11 is 0. The lowest BCUT2D eigenvalue weighted by Gasteiger charge is -2.31. The van der Waals surface area contributed by atoms with Crippen molar-refractivity contribution in [3.05, 3.63) is 23.9 Å². The van der Waals surface area contributed by atoms with Gasteiger partial charge in [-0.25, -0.2) is 4.98 Å². The number of nitrogens with one attached hydrogen (secondary N) is 1. The number of alkyl halides is 3. The summed E-state index contributed by atoms with van der Waals surface area (Å²) in [7, 11) is 0. The van der Waals surface area contributed by atoms with E-state index in [2.05, 4.69) is 10.3 Å². The number of carbonyl (C=O) groups excluding carboxylic acids is 1. The molecule has 0 aromatic carbocycles. The van der Waals surface area contributed by atoms with E-state index in [-0.39, 0.29) is 12.8 Å². The molecule has 1 fully saturated rings. The van der Waals surface area contributed by atoms with Crippen LogP contribution >= 0.6 is 0 Å². The molecule has 110 valence electrons. The van der Waals surface area contributed by atoms with Crippen molar-refractivity contribution in [2.24, 2.45) is 11.8 Å². The van der Waals surface area contributed by atoms with Gasteiger partial charge in [0, 0.05) is 12.1 Å². The van der Waals surface area contributed by atoms with Crippen molar-refractivity contribution in [1.82, 2.24) is 4.98 Å². The van der Waals surface area contributed by atoms with Crippen LogP contribution in [0.3, 0.4) is 0 Å². The number of halogens is 3. The summed E-state index contributed by atoms with van der Waals surface area (Å²) in [5, 5.41) is 2.49. The Hall–Kier alpha value is -1.59. The Morgan fingerprint density at radius 1 is 1.30 bits per heavy atom. The van der Waals surface area contributed by atoms with E-state index in [1.165, 1.54) is 0 Å². The fourth-order valence-corrected chi connectivity index (χ4v) is 2.60. The number of aryl methyl sites for hydroxylation is 1. The molecular formula is C14H17F3N2O. The zero-order valence-corrected chi connectivity index (χ0v) is 11.2. The molecule has 2 atom stereocenters. The van der Waals surface area contributed by atoms with Crippen molar-refractivity contribution in [1.29, 1.82) is 0 Å².